The summed E-state index contributed by atoms with van der Waals surface area (Å²) >= 11 is 8.58. The molecule has 2 aromatic heterocycles. The summed E-state index contributed by atoms with van der Waals surface area (Å²) < 4.78 is 6.28. The summed E-state index contributed by atoms with van der Waals surface area (Å²) in [5.74, 6) is 0.874. The second-order valence-corrected chi connectivity index (χ2v) is 6.35. The summed E-state index contributed by atoms with van der Waals surface area (Å²) in [6, 6.07) is 10.8. The van der Waals surface area contributed by atoms with Crippen molar-refractivity contribution in [2.24, 2.45) is 0 Å². The molecule has 2 heterocycles. The van der Waals surface area contributed by atoms with E-state index >= 15 is 0 Å². The third-order valence-corrected chi connectivity index (χ3v) is 4.64. The van der Waals surface area contributed by atoms with Crippen LogP contribution in [0.2, 0.25) is 5.02 Å². The average molecular weight is 322 g/mol. The molecule has 0 atom stereocenters. The van der Waals surface area contributed by atoms with E-state index in [-0.39, 0.29) is 5.12 Å². The summed E-state index contributed by atoms with van der Waals surface area (Å²) in [6.45, 7) is 0. The lowest BCUT2D eigenvalue weighted by Gasteiger charge is -1.99. The van der Waals surface area contributed by atoms with Gasteiger partial charge in [0.05, 0.1) is 5.02 Å². The van der Waals surface area contributed by atoms with Crippen LogP contribution in [0.5, 0.6) is 0 Å². The number of thioether (sulfide) groups is 1. The van der Waals surface area contributed by atoms with Crippen LogP contribution in [0.15, 0.2) is 56.7 Å². The Morgan fingerprint density at radius 3 is 2.85 bits per heavy atom. The molecule has 0 unspecified atom stereocenters. The standard InChI is InChI=1S/C14H8ClNO2S2/c15-10-4-2-1-3-9(10)11-5-6-12(18-11)13(17)20-14-16-7-8-19-14/h1-8H. The molecule has 3 aromatic rings. The Morgan fingerprint density at radius 2 is 2.10 bits per heavy atom. The number of aromatic nitrogens is 1. The fourth-order valence-corrected chi connectivity index (χ4v) is 3.30. The van der Waals surface area contributed by atoms with Gasteiger partial charge >= 0.3 is 0 Å². The average Bonchev–Trinajstić information content (AvgIpc) is 3.10. The maximum Gasteiger partial charge on any atom is 0.261 e. The van der Waals surface area contributed by atoms with Gasteiger partial charge in [0.1, 0.15) is 5.76 Å². The van der Waals surface area contributed by atoms with Crippen LogP contribution < -0.4 is 0 Å². The van der Waals surface area contributed by atoms with E-state index in [1.165, 1.54) is 11.3 Å². The lowest BCUT2D eigenvalue weighted by atomic mass is 10.2. The van der Waals surface area contributed by atoms with E-state index in [2.05, 4.69) is 4.98 Å². The van der Waals surface area contributed by atoms with Crippen LogP contribution in [0.4, 0.5) is 0 Å². The molecule has 0 aliphatic carbocycles. The Labute approximate surface area is 128 Å². The zero-order valence-electron chi connectivity index (χ0n) is 10.1. The molecule has 0 radical (unpaired) electrons. The fraction of sp³-hybridized carbons (Fsp3) is 0. The van der Waals surface area contributed by atoms with Crippen molar-refractivity contribution in [3.63, 3.8) is 0 Å². The summed E-state index contributed by atoms with van der Waals surface area (Å²) in [6.07, 6.45) is 1.66. The quantitative estimate of drug-likeness (QED) is 0.637. The molecule has 6 heteroatoms. The normalized spacial score (nSPS) is 10.7. The number of thiazole rings is 1. The third kappa shape index (κ3) is 2.80. The molecule has 0 saturated heterocycles. The predicted octanol–water partition coefficient (Wildman–Crippen LogP) is 4.99. The summed E-state index contributed by atoms with van der Waals surface area (Å²) in [7, 11) is 0. The van der Waals surface area contributed by atoms with Gasteiger partial charge in [0.2, 0.25) is 0 Å². The number of hydrogen-bond donors (Lipinski definition) is 0. The van der Waals surface area contributed by atoms with Gasteiger partial charge in [-0.2, -0.15) is 0 Å². The Balaban J connectivity index is 1.83. The topological polar surface area (TPSA) is 43.1 Å². The maximum absolute atomic E-state index is 12.0. The van der Waals surface area contributed by atoms with Gasteiger partial charge < -0.3 is 4.42 Å². The molecule has 1 aromatic carbocycles. The SMILES string of the molecule is O=C(Sc1nccs1)c1ccc(-c2ccccc2Cl)o1. The molecule has 100 valence electrons. The minimum atomic E-state index is -0.168. The predicted molar refractivity (Wildman–Crippen MR) is 81.5 cm³/mol. The molecule has 0 N–H and O–H groups in total. The molecule has 0 spiro atoms. The Bertz CT molecular complexity index is 737. The minimum Gasteiger partial charge on any atom is -0.452 e. The number of carbonyl (C=O) groups excluding carboxylic acids is 1. The number of rotatable bonds is 3. The van der Waals surface area contributed by atoms with Gasteiger partial charge in [-0.25, -0.2) is 4.98 Å². The monoisotopic (exact) mass is 321 g/mol. The van der Waals surface area contributed by atoms with Crippen molar-refractivity contribution in [3.05, 3.63) is 58.8 Å². The number of nitrogens with zero attached hydrogens (tertiary/aromatic N) is 1. The van der Waals surface area contributed by atoms with E-state index in [9.17, 15) is 4.79 Å². The Hall–Kier alpha value is -1.56. The van der Waals surface area contributed by atoms with E-state index < -0.39 is 0 Å². The smallest absolute Gasteiger partial charge is 0.261 e. The third-order valence-electron chi connectivity index (χ3n) is 2.54. The van der Waals surface area contributed by atoms with E-state index in [4.69, 9.17) is 16.0 Å². The van der Waals surface area contributed by atoms with Crippen molar-refractivity contribution in [2.45, 2.75) is 4.34 Å². The molecule has 0 bridgehead atoms. The van der Waals surface area contributed by atoms with Crippen LogP contribution in [-0.2, 0) is 0 Å². The highest BCUT2D eigenvalue weighted by atomic mass is 35.5. The van der Waals surface area contributed by atoms with Crippen LogP contribution in [0.1, 0.15) is 10.6 Å². The number of carbonyl (C=O) groups is 1. The lowest BCUT2D eigenvalue weighted by Crippen LogP contribution is -1.89. The first-order valence-corrected chi connectivity index (χ1v) is 7.78. The highest BCUT2D eigenvalue weighted by Gasteiger charge is 2.16. The van der Waals surface area contributed by atoms with E-state index in [1.807, 2.05) is 23.6 Å². The molecule has 0 aliphatic heterocycles. The van der Waals surface area contributed by atoms with Crippen LogP contribution >= 0.6 is 34.7 Å². The van der Waals surface area contributed by atoms with Crippen molar-refractivity contribution >= 4 is 39.8 Å². The van der Waals surface area contributed by atoms with Crippen molar-refractivity contribution in [1.82, 2.24) is 4.98 Å². The zero-order valence-corrected chi connectivity index (χ0v) is 12.5. The van der Waals surface area contributed by atoms with Crippen molar-refractivity contribution in [2.75, 3.05) is 0 Å². The Kier molecular flexibility index (Phi) is 3.91. The summed E-state index contributed by atoms with van der Waals surface area (Å²) in [5, 5.41) is 2.25. The first-order valence-electron chi connectivity index (χ1n) is 5.70. The first kappa shape index (κ1) is 13.4. The molecule has 0 fully saturated rings. The molecular weight excluding hydrogens is 314 g/mol. The zero-order chi connectivity index (χ0) is 13.9. The fourth-order valence-electron chi connectivity index (χ4n) is 1.64. The first-order chi connectivity index (χ1) is 9.74. The lowest BCUT2D eigenvalue weighted by molar-refractivity contribution is 0.106. The number of benzene rings is 1. The highest BCUT2D eigenvalue weighted by Crippen LogP contribution is 2.31. The number of hydrogen-bond acceptors (Lipinski definition) is 5. The van der Waals surface area contributed by atoms with Gasteiger partial charge in [0.15, 0.2) is 10.1 Å². The van der Waals surface area contributed by atoms with Gasteiger partial charge in [-0.3, -0.25) is 4.79 Å². The van der Waals surface area contributed by atoms with Gasteiger partial charge in [-0.1, -0.05) is 23.7 Å². The molecular formula is C14H8ClNO2S2. The molecule has 0 saturated carbocycles. The van der Waals surface area contributed by atoms with E-state index in [1.54, 1.807) is 24.4 Å². The van der Waals surface area contributed by atoms with Gasteiger partial charge in [-0.15, -0.1) is 11.3 Å². The van der Waals surface area contributed by atoms with Gasteiger partial charge in [0.25, 0.3) is 5.12 Å². The van der Waals surface area contributed by atoms with Crippen LogP contribution in [0, 0.1) is 0 Å². The molecule has 0 aliphatic rings. The molecule has 20 heavy (non-hydrogen) atoms. The Morgan fingerprint density at radius 1 is 1.25 bits per heavy atom. The maximum atomic E-state index is 12.0. The van der Waals surface area contributed by atoms with Crippen LogP contribution in [0.25, 0.3) is 11.3 Å². The van der Waals surface area contributed by atoms with Crippen molar-refractivity contribution < 1.29 is 9.21 Å². The van der Waals surface area contributed by atoms with E-state index in [0.29, 0.717) is 20.9 Å². The van der Waals surface area contributed by atoms with Gasteiger partial charge in [-0.05, 0) is 36.0 Å². The molecule has 0 amide bonds. The molecule has 3 nitrogen and oxygen atoms in total. The number of furan rings is 1. The van der Waals surface area contributed by atoms with Crippen molar-refractivity contribution in [1.29, 1.82) is 0 Å². The minimum absolute atomic E-state index is 0.168. The molecule has 3 rings (SSSR count). The largest absolute Gasteiger partial charge is 0.452 e. The summed E-state index contributed by atoms with van der Waals surface area (Å²) in [4.78, 5) is 16.1. The second kappa shape index (κ2) is 5.83. The highest BCUT2D eigenvalue weighted by molar-refractivity contribution is 8.15. The van der Waals surface area contributed by atoms with Crippen LogP contribution in [0.3, 0.4) is 0 Å². The van der Waals surface area contributed by atoms with Crippen LogP contribution in [-0.4, -0.2) is 10.1 Å². The summed E-state index contributed by atoms with van der Waals surface area (Å²) in [5.41, 5.74) is 0.771. The second-order valence-electron chi connectivity index (χ2n) is 3.83. The van der Waals surface area contributed by atoms with Gasteiger partial charge in [0, 0.05) is 17.1 Å². The number of halogens is 1. The van der Waals surface area contributed by atoms with Crippen molar-refractivity contribution in [3.8, 4) is 11.3 Å². The van der Waals surface area contributed by atoms with E-state index in [0.717, 1.165) is 17.3 Å².